The first kappa shape index (κ1) is 26.4. The number of fused-ring (bicyclic) bond motifs is 1. The highest BCUT2D eigenvalue weighted by molar-refractivity contribution is 6.10. The number of carboxylic acid groups (broad SMARTS) is 1. The van der Waals surface area contributed by atoms with Crippen LogP contribution in [0.25, 0.3) is 22.0 Å². The molecular formula is C33H25F3N2O3. The van der Waals surface area contributed by atoms with Crippen LogP contribution < -0.4 is 5.32 Å². The number of carbonyl (C=O) groups excluding carboxylic acids is 1. The van der Waals surface area contributed by atoms with Crippen molar-refractivity contribution >= 4 is 22.8 Å². The van der Waals surface area contributed by atoms with Crippen molar-refractivity contribution in [1.82, 2.24) is 9.88 Å². The van der Waals surface area contributed by atoms with E-state index >= 15 is 0 Å². The van der Waals surface area contributed by atoms with Crippen LogP contribution in [0.4, 0.5) is 13.2 Å². The summed E-state index contributed by atoms with van der Waals surface area (Å²) in [4.78, 5) is 25.1. The molecule has 1 amide bonds. The average molecular weight is 555 g/mol. The first-order valence-electron chi connectivity index (χ1n) is 13.1. The van der Waals surface area contributed by atoms with Crippen LogP contribution in [-0.4, -0.2) is 21.6 Å². The van der Waals surface area contributed by atoms with Crippen LogP contribution in [0.2, 0.25) is 0 Å². The van der Waals surface area contributed by atoms with E-state index in [1.807, 2.05) is 53.2 Å². The van der Waals surface area contributed by atoms with Gasteiger partial charge < -0.3 is 15.0 Å². The molecule has 1 heterocycles. The van der Waals surface area contributed by atoms with E-state index in [1.54, 1.807) is 18.2 Å². The summed E-state index contributed by atoms with van der Waals surface area (Å²) in [6, 6.07) is 27.0. The van der Waals surface area contributed by atoms with E-state index in [4.69, 9.17) is 0 Å². The van der Waals surface area contributed by atoms with E-state index < -0.39 is 23.2 Å². The van der Waals surface area contributed by atoms with Crippen molar-refractivity contribution < 1.29 is 27.9 Å². The van der Waals surface area contributed by atoms with Crippen molar-refractivity contribution in [3.8, 4) is 11.1 Å². The molecule has 206 valence electrons. The maximum absolute atomic E-state index is 13.8. The van der Waals surface area contributed by atoms with E-state index in [0.717, 1.165) is 47.1 Å². The quantitative estimate of drug-likeness (QED) is 0.219. The molecule has 2 N–H and O–H groups in total. The van der Waals surface area contributed by atoms with Crippen LogP contribution in [0, 0.1) is 0 Å². The van der Waals surface area contributed by atoms with Gasteiger partial charge >= 0.3 is 12.1 Å². The number of alkyl halides is 3. The summed E-state index contributed by atoms with van der Waals surface area (Å²) in [5.41, 5.74) is 3.45. The third-order valence-corrected chi connectivity index (χ3v) is 7.68. The van der Waals surface area contributed by atoms with Crippen LogP contribution in [0.5, 0.6) is 0 Å². The molecular weight excluding hydrogens is 529 g/mol. The highest BCUT2D eigenvalue weighted by atomic mass is 19.4. The summed E-state index contributed by atoms with van der Waals surface area (Å²) in [7, 11) is 0. The minimum Gasteiger partial charge on any atom is -0.478 e. The van der Waals surface area contributed by atoms with E-state index in [9.17, 15) is 27.9 Å². The number of halogens is 3. The molecule has 6 rings (SSSR count). The number of hydrogen-bond acceptors (Lipinski definition) is 2. The molecule has 4 aromatic carbocycles. The largest absolute Gasteiger partial charge is 0.478 e. The minimum atomic E-state index is -4.42. The molecule has 0 aliphatic heterocycles. The maximum atomic E-state index is 13.8. The number of nitrogens with zero attached hydrogens (tertiary/aromatic N) is 1. The number of aromatic nitrogens is 1. The SMILES string of the molecule is O=C(O)c1ccc(C2(NC(=O)c3ccc(-c4ccccc4)c4ccn(Cc5ccc(C(F)(F)F)cc5)c34)CC2)cc1. The molecule has 41 heavy (non-hydrogen) atoms. The smallest absolute Gasteiger partial charge is 0.416 e. The average Bonchev–Trinajstić information content (AvgIpc) is 3.64. The molecule has 1 saturated carbocycles. The van der Waals surface area contributed by atoms with Crippen molar-refractivity contribution in [3.05, 3.63) is 131 Å². The van der Waals surface area contributed by atoms with Crippen molar-refractivity contribution in [2.75, 3.05) is 0 Å². The number of aromatic carboxylic acids is 1. The van der Waals surface area contributed by atoms with E-state index in [2.05, 4.69) is 5.32 Å². The summed E-state index contributed by atoms with van der Waals surface area (Å²) in [5.74, 6) is -1.29. The third-order valence-electron chi connectivity index (χ3n) is 7.68. The van der Waals surface area contributed by atoms with Crippen molar-refractivity contribution in [3.63, 3.8) is 0 Å². The predicted octanol–water partition coefficient (Wildman–Crippen LogP) is 7.49. The van der Waals surface area contributed by atoms with Gasteiger partial charge in [0, 0.05) is 18.1 Å². The van der Waals surface area contributed by atoms with Gasteiger partial charge in [0.2, 0.25) is 0 Å². The summed E-state index contributed by atoms with van der Waals surface area (Å²) in [6.45, 7) is 0.280. The number of hydrogen-bond donors (Lipinski definition) is 2. The molecule has 0 unspecified atom stereocenters. The third kappa shape index (κ3) is 5.09. The van der Waals surface area contributed by atoms with Crippen LogP contribution in [0.1, 0.15) is 50.2 Å². The summed E-state index contributed by atoms with van der Waals surface area (Å²) in [6.07, 6.45) is -1.11. The highest BCUT2D eigenvalue weighted by Crippen LogP contribution is 2.46. The second-order valence-electron chi connectivity index (χ2n) is 10.3. The Hall–Kier alpha value is -4.85. The number of rotatable bonds is 7. The molecule has 0 radical (unpaired) electrons. The first-order valence-corrected chi connectivity index (χ1v) is 13.1. The maximum Gasteiger partial charge on any atom is 0.416 e. The lowest BCUT2D eigenvalue weighted by molar-refractivity contribution is -0.137. The van der Waals surface area contributed by atoms with Gasteiger partial charge in [-0.05, 0) is 71.5 Å². The van der Waals surface area contributed by atoms with Gasteiger partial charge in [-0.1, -0.05) is 60.7 Å². The lowest BCUT2D eigenvalue weighted by Gasteiger charge is -2.20. The van der Waals surface area contributed by atoms with Gasteiger partial charge in [-0.25, -0.2) is 4.79 Å². The lowest BCUT2D eigenvalue weighted by atomic mass is 9.98. The Bertz CT molecular complexity index is 1750. The number of carbonyl (C=O) groups is 2. The normalized spacial score (nSPS) is 14.1. The predicted molar refractivity (Wildman–Crippen MR) is 150 cm³/mol. The van der Waals surface area contributed by atoms with Gasteiger partial charge in [-0.2, -0.15) is 13.2 Å². The Morgan fingerprint density at radius 2 is 1.54 bits per heavy atom. The van der Waals surface area contributed by atoms with Crippen LogP contribution in [0.3, 0.4) is 0 Å². The molecule has 5 aromatic rings. The summed E-state index contributed by atoms with van der Waals surface area (Å²) < 4.78 is 41.2. The number of nitrogens with one attached hydrogen (secondary N) is 1. The molecule has 0 atom stereocenters. The number of carboxylic acids is 1. The zero-order valence-corrected chi connectivity index (χ0v) is 21.8. The molecule has 1 fully saturated rings. The van der Waals surface area contributed by atoms with E-state index in [1.165, 1.54) is 24.3 Å². The highest BCUT2D eigenvalue weighted by Gasteiger charge is 2.46. The Labute approximate surface area is 233 Å². The van der Waals surface area contributed by atoms with Crippen LogP contribution in [-0.2, 0) is 18.3 Å². The summed E-state index contributed by atoms with van der Waals surface area (Å²) >= 11 is 0. The fourth-order valence-corrected chi connectivity index (χ4v) is 5.33. The molecule has 1 aliphatic rings. The van der Waals surface area contributed by atoms with Gasteiger partial charge in [0.1, 0.15) is 0 Å². The Morgan fingerprint density at radius 1 is 0.854 bits per heavy atom. The summed E-state index contributed by atoms with van der Waals surface area (Å²) in [5, 5.41) is 13.3. The van der Waals surface area contributed by atoms with E-state index in [-0.39, 0.29) is 18.0 Å². The molecule has 0 saturated heterocycles. The van der Waals surface area contributed by atoms with Gasteiger partial charge in [0.25, 0.3) is 5.91 Å². The van der Waals surface area contributed by atoms with Gasteiger partial charge in [-0.3, -0.25) is 4.79 Å². The van der Waals surface area contributed by atoms with Gasteiger partial charge in [0.15, 0.2) is 0 Å². The molecule has 0 spiro atoms. The zero-order valence-electron chi connectivity index (χ0n) is 21.8. The van der Waals surface area contributed by atoms with Crippen LogP contribution in [0.15, 0.2) is 103 Å². The second-order valence-corrected chi connectivity index (χ2v) is 10.3. The topological polar surface area (TPSA) is 71.3 Å². The molecule has 1 aliphatic carbocycles. The molecule has 8 heteroatoms. The second kappa shape index (κ2) is 9.96. The zero-order chi connectivity index (χ0) is 28.8. The first-order chi connectivity index (χ1) is 19.6. The number of benzene rings is 4. The van der Waals surface area contributed by atoms with Crippen molar-refractivity contribution in [2.45, 2.75) is 31.1 Å². The Kier molecular flexibility index (Phi) is 6.41. The van der Waals surface area contributed by atoms with Crippen molar-refractivity contribution in [2.24, 2.45) is 0 Å². The van der Waals surface area contributed by atoms with Crippen LogP contribution >= 0.6 is 0 Å². The standard InChI is InChI=1S/C33H25F3N2O3/c34-33(35,36)25-10-6-21(7-11-25)20-38-19-16-27-26(22-4-2-1-3-5-22)14-15-28(29(27)38)30(39)37-32(17-18-32)24-12-8-23(9-13-24)31(40)41/h1-16,19H,17-18,20H2,(H,37,39)(H,40,41). The number of amides is 1. The van der Waals surface area contributed by atoms with E-state index in [0.29, 0.717) is 16.6 Å². The molecule has 0 bridgehead atoms. The van der Waals surface area contributed by atoms with Gasteiger partial charge in [0.05, 0.1) is 27.7 Å². The lowest BCUT2D eigenvalue weighted by Crippen LogP contribution is -2.35. The molecule has 5 nitrogen and oxygen atoms in total. The minimum absolute atomic E-state index is 0.176. The van der Waals surface area contributed by atoms with Crippen molar-refractivity contribution in [1.29, 1.82) is 0 Å². The Balaban J connectivity index is 1.38. The monoisotopic (exact) mass is 554 g/mol. The van der Waals surface area contributed by atoms with Gasteiger partial charge in [-0.15, -0.1) is 0 Å². The fourth-order valence-electron chi connectivity index (χ4n) is 5.33. The molecule has 1 aromatic heterocycles. The Morgan fingerprint density at radius 3 is 2.15 bits per heavy atom. The fraction of sp³-hybridized carbons (Fsp3) is 0.152.